The van der Waals surface area contributed by atoms with Crippen LogP contribution < -0.4 is 5.73 Å². The maximum absolute atomic E-state index is 13.7. The van der Waals surface area contributed by atoms with Gasteiger partial charge in [0.05, 0.1) is 40.7 Å². The molecule has 1 saturated carbocycles. The first-order chi connectivity index (χ1) is 15.2. The largest absolute Gasteiger partial charge is 0.508 e. The zero-order valence-corrected chi connectivity index (χ0v) is 18.0. The predicted molar refractivity (Wildman–Crippen MR) is 112 cm³/mol. The van der Waals surface area contributed by atoms with Crippen LogP contribution in [0.5, 0.6) is 5.75 Å². The van der Waals surface area contributed by atoms with Gasteiger partial charge in [-0.15, -0.1) is 0 Å². The molecule has 3 aliphatic carbocycles. The zero-order valence-electron chi connectivity index (χ0n) is 18.0. The monoisotopic (exact) mass is 460 g/mol. The van der Waals surface area contributed by atoms with E-state index in [-0.39, 0.29) is 11.1 Å². The Balaban J connectivity index is 2.11. The number of benzene rings is 1. The second-order valence-electron chi connectivity index (χ2n) is 9.06. The minimum absolute atomic E-state index is 0.00664. The van der Waals surface area contributed by atoms with Crippen molar-refractivity contribution in [3.05, 3.63) is 46.2 Å². The van der Waals surface area contributed by atoms with Crippen molar-refractivity contribution in [3.63, 3.8) is 0 Å². The zero-order chi connectivity index (χ0) is 24.8. The van der Waals surface area contributed by atoms with E-state index in [1.807, 2.05) is 0 Å². The number of hydrogen-bond donors (Lipinski definition) is 7. The quantitative estimate of drug-likeness (QED) is 0.257. The van der Waals surface area contributed by atoms with Crippen molar-refractivity contribution >= 4 is 23.2 Å². The van der Waals surface area contributed by atoms with Crippen molar-refractivity contribution in [2.24, 2.45) is 17.6 Å². The van der Waals surface area contributed by atoms with Crippen LogP contribution in [0.1, 0.15) is 18.1 Å². The number of nitrogens with two attached hydrogens (primary N) is 1. The van der Waals surface area contributed by atoms with E-state index in [2.05, 4.69) is 0 Å². The number of aliphatic hydroxyl groups is 5. The highest BCUT2D eigenvalue weighted by atomic mass is 16.4. The molecule has 1 aromatic rings. The summed E-state index contributed by atoms with van der Waals surface area (Å²) in [5, 5.41) is 66.3. The van der Waals surface area contributed by atoms with Crippen molar-refractivity contribution in [2.45, 2.75) is 30.3 Å². The molecule has 0 bridgehead atoms. The molecule has 0 saturated heterocycles. The van der Waals surface area contributed by atoms with Crippen LogP contribution in [0.4, 0.5) is 0 Å². The number of likely N-dealkylation sites (N-methyl/N-ethyl adjacent to an activating group) is 1. The van der Waals surface area contributed by atoms with Gasteiger partial charge in [0.25, 0.3) is 5.91 Å². The maximum Gasteiger partial charge on any atom is 0.255 e. The second-order valence-corrected chi connectivity index (χ2v) is 9.06. The van der Waals surface area contributed by atoms with Crippen LogP contribution in [0.3, 0.4) is 0 Å². The smallest absolute Gasteiger partial charge is 0.255 e. The number of carbonyl (C=O) groups is 3. The molecular weight excluding hydrogens is 436 g/mol. The maximum atomic E-state index is 13.7. The fraction of sp³-hybridized carbons (Fsp3) is 0.409. The topological polar surface area (TPSA) is 202 Å². The van der Waals surface area contributed by atoms with E-state index in [1.54, 1.807) is 0 Å². The molecule has 0 aromatic heterocycles. The number of aliphatic hydroxyl groups excluding tert-OH is 3. The first-order valence-electron chi connectivity index (χ1n) is 10.1. The summed E-state index contributed by atoms with van der Waals surface area (Å²) in [6.07, 6.45) is -1.87. The number of hydrogen-bond acceptors (Lipinski definition) is 10. The molecule has 1 aromatic carbocycles. The average molecular weight is 460 g/mol. The lowest BCUT2D eigenvalue weighted by Crippen LogP contribution is -2.71. The van der Waals surface area contributed by atoms with E-state index in [0.29, 0.717) is 0 Å². The van der Waals surface area contributed by atoms with Crippen LogP contribution in [0, 0.1) is 11.8 Å². The number of rotatable bonds is 2. The van der Waals surface area contributed by atoms with Crippen molar-refractivity contribution in [2.75, 3.05) is 14.1 Å². The van der Waals surface area contributed by atoms with Crippen LogP contribution in [-0.2, 0) is 20.0 Å². The number of fused-ring (bicyclic) bond motifs is 3. The second kappa shape index (κ2) is 6.87. The number of aromatic hydroxyl groups is 1. The van der Waals surface area contributed by atoms with Gasteiger partial charge in [0.15, 0.2) is 11.4 Å². The highest BCUT2D eigenvalue weighted by Crippen LogP contribution is 2.57. The minimum atomic E-state index is -3.02. The summed E-state index contributed by atoms with van der Waals surface area (Å²) in [5.74, 6) is -9.67. The summed E-state index contributed by atoms with van der Waals surface area (Å²) in [6.45, 7) is 1.25. The van der Waals surface area contributed by atoms with Gasteiger partial charge < -0.3 is 36.4 Å². The molecule has 11 nitrogen and oxygen atoms in total. The number of phenolic OH excluding ortho intramolecular Hbond substituents is 1. The Morgan fingerprint density at radius 3 is 2.27 bits per heavy atom. The Morgan fingerprint density at radius 1 is 1.12 bits per heavy atom. The predicted octanol–water partition coefficient (Wildman–Crippen LogP) is -1.40. The van der Waals surface area contributed by atoms with E-state index in [4.69, 9.17) is 5.73 Å². The molecular formula is C22H24N2O9. The molecule has 0 spiro atoms. The van der Waals surface area contributed by atoms with Crippen LogP contribution >= 0.6 is 0 Å². The van der Waals surface area contributed by atoms with E-state index >= 15 is 0 Å². The molecule has 6 atom stereocenters. The SMILES string of the molecule is CN(C)[C@@H]1C(=O)C(C(N)=O)=C(O)[C@@]2(O)C(=O)C3=C(O)c4c(O)cccc4[C@](C)(O)[C@@H]3[C@H](O)[C@@H]12. The Morgan fingerprint density at radius 2 is 1.73 bits per heavy atom. The molecule has 33 heavy (non-hydrogen) atoms. The molecule has 0 heterocycles. The van der Waals surface area contributed by atoms with Gasteiger partial charge in [-0.1, -0.05) is 12.1 Å². The van der Waals surface area contributed by atoms with Gasteiger partial charge in [-0.05, 0) is 32.6 Å². The molecule has 11 heteroatoms. The summed E-state index contributed by atoms with van der Waals surface area (Å²) in [6, 6.07) is 2.50. The molecule has 0 radical (unpaired) electrons. The number of primary amides is 1. The number of ketones is 2. The summed E-state index contributed by atoms with van der Waals surface area (Å²) < 4.78 is 0. The van der Waals surface area contributed by atoms with Gasteiger partial charge >= 0.3 is 0 Å². The third-order valence-corrected chi connectivity index (χ3v) is 7.03. The van der Waals surface area contributed by atoms with Gasteiger partial charge in [-0.3, -0.25) is 19.3 Å². The summed E-state index contributed by atoms with van der Waals surface area (Å²) in [7, 11) is 2.80. The van der Waals surface area contributed by atoms with E-state index in [0.717, 1.165) is 0 Å². The number of nitrogens with zero attached hydrogens (tertiary/aromatic N) is 1. The van der Waals surface area contributed by atoms with E-state index < -0.39 is 81.1 Å². The third kappa shape index (κ3) is 2.61. The van der Waals surface area contributed by atoms with E-state index in [1.165, 1.54) is 44.1 Å². The summed E-state index contributed by atoms with van der Waals surface area (Å²) >= 11 is 0. The van der Waals surface area contributed by atoms with Crippen molar-refractivity contribution in [3.8, 4) is 5.75 Å². The van der Waals surface area contributed by atoms with Gasteiger partial charge in [0.1, 0.15) is 22.8 Å². The fourth-order valence-electron chi connectivity index (χ4n) is 5.60. The highest BCUT2D eigenvalue weighted by Gasteiger charge is 2.70. The Labute approximate surface area is 187 Å². The Kier molecular flexibility index (Phi) is 4.78. The normalized spacial score (nSPS) is 36.0. The molecule has 8 N–H and O–H groups in total. The highest BCUT2D eigenvalue weighted by molar-refractivity contribution is 6.24. The van der Waals surface area contributed by atoms with E-state index in [9.17, 15) is 45.0 Å². The first kappa shape index (κ1) is 22.9. The average Bonchev–Trinajstić information content (AvgIpc) is 2.70. The van der Waals surface area contributed by atoms with Crippen molar-refractivity contribution < 1.29 is 45.0 Å². The minimum Gasteiger partial charge on any atom is -0.508 e. The molecule has 176 valence electrons. The van der Waals surface area contributed by atoms with Crippen LogP contribution in [0.25, 0.3) is 5.76 Å². The van der Waals surface area contributed by atoms with Gasteiger partial charge in [-0.25, -0.2) is 0 Å². The summed E-state index contributed by atoms with van der Waals surface area (Å²) in [5.41, 5.74) is -1.78. The van der Waals surface area contributed by atoms with Crippen LogP contribution in [-0.4, -0.2) is 84.9 Å². The van der Waals surface area contributed by atoms with Gasteiger partial charge in [0, 0.05) is 0 Å². The van der Waals surface area contributed by atoms with Crippen molar-refractivity contribution in [1.29, 1.82) is 0 Å². The van der Waals surface area contributed by atoms with Gasteiger partial charge in [0.2, 0.25) is 5.78 Å². The number of carbonyl (C=O) groups excluding carboxylic acids is 3. The lowest BCUT2D eigenvalue weighted by molar-refractivity contribution is -0.181. The molecule has 0 aliphatic heterocycles. The molecule has 1 amide bonds. The third-order valence-electron chi connectivity index (χ3n) is 7.03. The number of phenols is 1. The molecule has 1 fully saturated rings. The van der Waals surface area contributed by atoms with Crippen molar-refractivity contribution in [1.82, 2.24) is 4.90 Å². The first-order valence-corrected chi connectivity index (χ1v) is 10.1. The number of Topliss-reactive ketones (excluding diaryl/α,β-unsaturated/α-hetero) is 2. The van der Waals surface area contributed by atoms with Crippen LogP contribution in [0.15, 0.2) is 35.1 Å². The molecule has 0 unspecified atom stereocenters. The van der Waals surface area contributed by atoms with Crippen LogP contribution in [0.2, 0.25) is 0 Å². The summed E-state index contributed by atoms with van der Waals surface area (Å²) in [4.78, 5) is 39.9. The molecule has 4 rings (SSSR count). The molecule has 3 aliphatic rings. The number of amides is 1. The Bertz CT molecular complexity index is 1180. The standard InChI is InChI=1S/C22H24N2O9/c1-21(32)7-5-4-6-8(25)9(7)15(26)10-12(21)17(28)13-14(24(2)3)16(27)11(20(23)31)19(30)22(13,33)18(10)29/h4-6,12-14,17,25-26,28,30,32-33H,1-3H3,(H2,23,31)/t12-,13+,14-,17-,21-,22-/m0/s1. The lowest BCUT2D eigenvalue weighted by Gasteiger charge is -2.55. The fourth-order valence-corrected chi connectivity index (χ4v) is 5.60. The lowest BCUT2D eigenvalue weighted by atomic mass is 9.53. The Hall–Kier alpha value is -3.25. The van der Waals surface area contributed by atoms with Gasteiger partial charge in [-0.2, -0.15) is 0 Å².